The van der Waals surface area contributed by atoms with Crippen LogP contribution in [0.5, 0.6) is 0 Å². The zero-order valence-corrected chi connectivity index (χ0v) is 14.6. The van der Waals surface area contributed by atoms with Crippen molar-refractivity contribution in [3.63, 3.8) is 0 Å². The van der Waals surface area contributed by atoms with Crippen LogP contribution in [0.1, 0.15) is 37.4 Å². The average molecular weight is 336 g/mol. The van der Waals surface area contributed by atoms with Gasteiger partial charge in [-0.25, -0.2) is 8.42 Å². The molecule has 1 fully saturated rings. The van der Waals surface area contributed by atoms with E-state index in [1.54, 1.807) is 6.92 Å². The second-order valence-electron chi connectivity index (χ2n) is 5.81. The first-order valence-electron chi connectivity index (χ1n) is 8.08. The molecule has 1 aliphatic rings. The first kappa shape index (κ1) is 17.9. The van der Waals surface area contributed by atoms with Crippen LogP contribution in [0.3, 0.4) is 0 Å². The van der Waals surface area contributed by atoms with Gasteiger partial charge in [0, 0.05) is 19.3 Å². The molecule has 0 aromatic carbocycles. The summed E-state index contributed by atoms with van der Waals surface area (Å²) in [5.74, 6) is 0. The van der Waals surface area contributed by atoms with Gasteiger partial charge in [-0.3, -0.25) is 4.98 Å². The first-order valence-corrected chi connectivity index (χ1v) is 9.52. The number of pyridine rings is 1. The number of hydrogen-bond donors (Lipinski definition) is 0. The fourth-order valence-electron chi connectivity index (χ4n) is 2.84. The maximum Gasteiger partial charge on any atom is 0.244 e. The lowest BCUT2D eigenvalue weighted by Crippen LogP contribution is -2.34. The van der Waals surface area contributed by atoms with Crippen molar-refractivity contribution in [2.45, 2.75) is 38.0 Å². The minimum atomic E-state index is -3.60. The fraction of sp³-hybridized carbons (Fsp3) is 0.625. The molecule has 0 spiro atoms. The Morgan fingerprint density at radius 2 is 2.09 bits per heavy atom. The summed E-state index contributed by atoms with van der Waals surface area (Å²) in [6.45, 7) is 7.60. The Labute approximate surface area is 138 Å². The standard InChI is InChI=1S/C16H24N4O2S/c1-3-20(10-6-9-19-7-4-5-8-19)23(21,22)16-11-15(12-17)14(2)18-13-16/h11,13H,3-10H2,1-2H3. The highest BCUT2D eigenvalue weighted by atomic mass is 32.2. The molecule has 1 aromatic heterocycles. The number of rotatable bonds is 7. The van der Waals surface area contributed by atoms with Gasteiger partial charge in [-0.1, -0.05) is 6.92 Å². The van der Waals surface area contributed by atoms with E-state index < -0.39 is 10.0 Å². The quantitative estimate of drug-likeness (QED) is 0.758. The minimum Gasteiger partial charge on any atom is -0.303 e. The smallest absolute Gasteiger partial charge is 0.244 e. The SMILES string of the molecule is CCN(CCCN1CCCC1)S(=O)(=O)c1cnc(C)c(C#N)c1. The highest BCUT2D eigenvalue weighted by molar-refractivity contribution is 7.89. The molecule has 0 radical (unpaired) electrons. The van der Waals surface area contributed by atoms with Crippen LogP contribution in [-0.4, -0.2) is 55.3 Å². The lowest BCUT2D eigenvalue weighted by Gasteiger charge is -2.22. The number of aromatic nitrogens is 1. The van der Waals surface area contributed by atoms with Crippen LogP contribution in [-0.2, 0) is 10.0 Å². The summed E-state index contributed by atoms with van der Waals surface area (Å²) in [4.78, 5) is 6.52. The van der Waals surface area contributed by atoms with E-state index in [-0.39, 0.29) is 4.90 Å². The van der Waals surface area contributed by atoms with Crippen molar-refractivity contribution in [2.75, 3.05) is 32.7 Å². The number of nitriles is 1. The Hall–Kier alpha value is -1.49. The molecule has 0 unspecified atom stereocenters. The molecule has 0 bridgehead atoms. The molecule has 0 saturated carbocycles. The minimum absolute atomic E-state index is 0.0997. The van der Waals surface area contributed by atoms with Crippen molar-refractivity contribution in [3.8, 4) is 6.07 Å². The molecule has 1 aliphatic heterocycles. The second-order valence-corrected chi connectivity index (χ2v) is 7.75. The van der Waals surface area contributed by atoms with E-state index in [0.29, 0.717) is 24.3 Å². The van der Waals surface area contributed by atoms with Crippen LogP contribution in [0.2, 0.25) is 0 Å². The van der Waals surface area contributed by atoms with E-state index in [1.165, 1.54) is 29.4 Å². The Balaban J connectivity index is 2.07. The third-order valence-electron chi connectivity index (χ3n) is 4.25. The number of sulfonamides is 1. The first-order chi connectivity index (χ1) is 11.0. The number of aryl methyl sites for hydroxylation is 1. The molecular weight excluding hydrogens is 312 g/mol. The number of nitrogens with zero attached hydrogens (tertiary/aromatic N) is 4. The molecule has 23 heavy (non-hydrogen) atoms. The van der Waals surface area contributed by atoms with Crippen LogP contribution >= 0.6 is 0 Å². The summed E-state index contributed by atoms with van der Waals surface area (Å²) in [7, 11) is -3.60. The van der Waals surface area contributed by atoms with Crippen LogP contribution in [0, 0.1) is 18.3 Å². The highest BCUT2D eigenvalue weighted by Crippen LogP contribution is 2.18. The van der Waals surface area contributed by atoms with Crippen LogP contribution in [0.15, 0.2) is 17.2 Å². The molecular formula is C16H24N4O2S. The third-order valence-corrected chi connectivity index (χ3v) is 6.19. The molecule has 0 atom stereocenters. The Bertz CT molecular complexity index is 676. The van der Waals surface area contributed by atoms with Gasteiger partial charge in [0.25, 0.3) is 0 Å². The van der Waals surface area contributed by atoms with E-state index in [1.807, 2.05) is 13.0 Å². The van der Waals surface area contributed by atoms with Gasteiger partial charge < -0.3 is 4.90 Å². The number of likely N-dealkylation sites (tertiary alicyclic amines) is 1. The second kappa shape index (κ2) is 7.86. The zero-order valence-electron chi connectivity index (χ0n) is 13.8. The molecule has 0 N–H and O–H groups in total. The molecule has 0 aliphatic carbocycles. The van der Waals surface area contributed by atoms with E-state index in [4.69, 9.17) is 5.26 Å². The molecule has 1 aromatic rings. The molecule has 2 rings (SSSR count). The Morgan fingerprint density at radius 1 is 1.39 bits per heavy atom. The van der Waals surface area contributed by atoms with Crippen molar-refractivity contribution in [1.29, 1.82) is 5.26 Å². The van der Waals surface area contributed by atoms with Crippen LogP contribution in [0.4, 0.5) is 0 Å². The van der Waals surface area contributed by atoms with E-state index >= 15 is 0 Å². The normalized spacial score (nSPS) is 15.9. The molecule has 126 valence electrons. The summed E-state index contributed by atoms with van der Waals surface area (Å²) in [5, 5.41) is 9.06. The predicted molar refractivity (Wildman–Crippen MR) is 88.4 cm³/mol. The van der Waals surface area contributed by atoms with Crippen LogP contribution in [0.25, 0.3) is 0 Å². The summed E-state index contributed by atoms with van der Waals surface area (Å²) in [6, 6.07) is 3.41. The maximum atomic E-state index is 12.7. The zero-order chi connectivity index (χ0) is 16.9. The Morgan fingerprint density at radius 3 is 2.70 bits per heavy atom. The van der Waals surface area contributed by atoms with Gasteiger partial charge in [-0.15, -0.1) is 0 Å². The molecule has 1 saturated heterocycles. The predicted octanol–water partition coefficient (Wildman–Crippen LogP) is 1.76. The molecule has 2 heterocycles. The van der Waals surface area contributed by atoms with Gasteiger partial charge in [-0.05, 0) is 51.9 Å². The summed E-state index contributed by atoms with van der Waals surface area (Å²) in [5.41, 5.74) is 0.850. The van der Waals surface area contributed by atoms with E-state index in [9.17, 15) is 8.42 Å². The van der Waals surface area contributed by atoms with Gasteiger partial charge in [0.2, 0.25) is 10.0 Å². The van der Waals surface area contributed by atoms with Gasteiger partial charge in [0.1, 0.15) is 11.0 Å². The summed E-state index contributed by atoms with van der Waals surface area (Å²) >= 11 is 0. The van der Waals surface area contributed by atoms with E-state index in [0.717, 1.165) is 26.1 Å². The Kier molecular flexibility index (Phi) is 6.10. The summed E-state index contributed by atoms with van der Waals surface area (Å²) in [6.07, 6.45) is 4.63. The maximum absolute atomic E-state index is 12.7. The largest absolute Gasteiger partial charge is 0.303 e. The van der Waals surface area contributed by atoms with Crippen molar-refractivity contribution >= 4 is 10.0 Å². The van der Waals surface area contributed by atoms with E-state index in [2.05, 4.69) is 9.88 Å². The van der Waals surface area contributed by atoms with Crippen molar-refractivity contribution in [2.24, 2.45) is 0 Å². The lowest BCUT2D eigenvalue weighted by atomic mass is 10.2. The van der Waals surface area contributed by atoms with Crippen LogP contribution < -0.4 is 0 Å². The number of hydrogen-bond acceptors (Lipinski definition) is 5. The van der Waals surface area contributed by atoms with Gasteiger partial charge in [0.05, 0.1) is 11.3 Å². The third kappa shape index (κ3) is 4.28. The van der Waals surface area contributed by atoms with Crippen molar-refractivity contribution in [1.82, 2.24) is 14.2 Å². The topological polar surface area (TPSA) is 77.3 Å². The van der Waals surface area contributed by atoms with Crippen molar-refractivity contribution in [3.05, 3.63) is 23.5 Å². The molecule has 7 heteroatoms. The van der Waals surface area contributed by atoms with Gasteiger partial charge in [-0.2, -0.15) is 9.57 Å². The average Bonchev–Trinajstić information content (AvgIpc) is 3.05. The summed E-state index contributed by atoms with van der Waals surface area (Å²) < 4.78 is 26.9. The molecule has 6 nitrogen and oxygen atoms in total. The fourth-order valence-corrected chi connectivity index (χ4v) is 4.30. The van der Waals surface area contributed by atoms with Gasteiger partial charge in [0.15, 0.2) is 0 Å². The molecule has 0 amide bonds. The lowest BCUT2D eigenvalue weighted by molar-refractivity contribution is 0.312. The van der Waals surface area contributed by atoms with Gasteiger partial charge >= 0.3 is 0 Å². The highest BCUT2D eigenvalue weighted by Gasteiger charge is 2.24. The van der Waals surface area contributed by atoms with Crippen molar-refractivity contribution < 1.29 is 8.42 Å². The monoisotopic (exact) mass is 336 g/mol.